The first-order valence-corrected chi connectivity index (χ1v) is 11.1. The Kier molecular flexibility index (Phi) is 6.10. The van der Waals surface area contributed by atoms with Crippen LogP contribution in [0.2, 0.25) is 0 Å². The number of sulfonamides is 1. The van der Waals surface area contributed by atoms with E-state index in [2.05, 4.69) is 38.3 Å². The second kappa shape index (κ2) is 8.36. The zero-order valence-electron chi connectivity index (χ0n) is 16.7. The summed E-state index contributed by atoms with van der Waals surface area (Å²) in [6.45, 7) is 7.74. The first kappa shape index (κ1) is 20.4. The fourth-order valence-corrected chi connectivity index (χ4v) is 4.38. The van der Waals surface area contributed by atoms with Crippen LogP contribution in [0, 0.1) is 0 Å². The summed E-state index contributed by atoms with van der Waals surface area (Å²) in [5.74, 6) is 0.681. The molecule has 28 heavy (non-hydrogen) atoms. The van der Waals surface area contributed by atoms with Crippen LogP contribution < -0.4 is 4.72 Å². The molecule has 0 amide bonds. The molecule has 1 N–H and O–H groups in total. The predicted molar refractivity (Wildman–Crippen MR) is 111 cm³/mol. The number of hydrogen-bond donors (Lipinski definition) is 1. The van der Waals surface area contributed by atoms with Gasteiger partial charge >= 0.3 is 0 Å². The monoisotopic (exact) mass is 401 g/mol. The Balaban J connectivity index is 0.000000192. The molecule has 0 spiro atoms. The van der Waals surface area contributed by atoms with Crippen LogP contribution in [0.3, 0.4) is 0 Å². The molecular formula is C20H27N5O2S. The predicted octanol–water partition coefficient (Wildman–Crippen LogP) is 3.55. The van der Waals surface area contributed by atoms with E-state index in [1.807, 2.05) is 52.0 Å². The topological polar surface area (TPSA) is 89.8 Å². The van der Waals surface area contributed by atoms with Crippen LogP contribution in [-0.2, 0) is 10.0 Å². The van der Waals surface area contributed by atoms with Crippen molar-refractivity contribution < 1.29 is 8.42 Å². The Morgan fingerprint density at radius 3 is 2.32 bits per heavy atom. The van der Waals surface area contributed by atoms with Gasteiger partial charge in [0.15, 0.2) is 0 Å². The Morgan fingerprint density at radius 1 is 1.04 bits per heavy atom. The molecule has 1 fully saturated rings. The molecule has 3 aromatic rings. The van der Waals surface area contributed by atoms with Gasteiger partial charge in [-0.2, -0.15) is 4.80 Å². The normalized spacial score (nSPS) is 14.4. The van der Waals surface area contributed by atoms with Gasteiger partial charge in [-0.3, -0.25) is 0 Å². The van der Waals surface area contributed by atoms with E-state index >= 15 is 0 Å². The average molecular weight is 402 g/mol. The molecule has 0 bridgehead atoms. The van der Waals surface area contributed by atoms with Crippen LogP contribution in [-0.4, -0.2) is 39.9 Å². The number of fused-ring (bicyclic) bond motifs is 1. The lowest BCUT2D eigenvalue weighted by atomic mass is 10.0. The van der Waals surface area contributed by atoms with Crippen LogP contribution in [0.15, 0.2) is 42.5 Å². The number of tetrazole rings is 1. The zero-order valence-corrected chi connectivity index (χ0v) is 17.5. The molecule has 1 aliphatic carbocycles. The second-order valence-corrected chi connectivity index (χ2v) is 9.56. The van der Waals surface area contributed by atoms with Crippen LogP contribution in [0.5, 0.6) is 0 Å². The lowest BCUT2D eigenvalue weighted by Gasteiger charge is -2.07. The van der Waals surface area contributed by atoms with Gasteiger partial charge in [0.1, 0.15) is 0 Å². The number of nitrogens with zero attached hydrogens (tertiary/aromatic N) is 4. The van der Waals surface area contributed by atoms with E-state index in [9.17, 15) is 8.42 Å². The molecule has 1 aliphatic rings. The molecule has 8 heteroatoms. The molecule has 1 saturated carbocycles. The standard InChI is InChI=1S/C14H14N4.C6H13NO2S/c1-10(2)18-16-14(15-17-18)13-9-5-7-11-6-3-4-8-12(11)13;1-5(2)7-10(8,9)6-3-4-6/h3-10H,1-2H3;5-7H,3-4H2,1-2H3. The van der Waals surface area contributed by atoms with Crippen molar-refractivity contribution in [3.8, 4) is 11.4 Å². The first-order chi connectivity index (χ1) is 13.3. The summed E-state index contributed by atoms with van der Waals surface area (Å²) in [5, 5.41) is 14.9. The lowest BCUT2D eigenvalue weighted by Crippen LogP contribution is -2.32. The minimum absolute atomic E-state index is 0.0330. The van der Waals surface area contributed by atoms with E-state index in [0.717, 1.165) is 23.8 Å². The smallest absolute Gasteiger partial charge is 0.212 e. The van der Waals surface area contributed by atoms with E-state index in [-0.39, 0.29) is 17.3 Å². The third kappa shape index (κ3) is 4.94. The minimum atomic E-state index is -2.94. The molecule has 0 unspecified atom stereocenters. The molecule has 7 nitrogen and oxygen atoms in total. The number of rotatable bonds is 5. The van der Waals surface area contributed by atoms with Crippen molar-refractivity contribution >= 4 is 20.8 Å². The SMILES string of the molecule is CC(C)NS(=O)(=O)C1CC1.CC(C)n1nnc(-c2cccc3ccccc23)n1. The van der Waals surface area contributed by atoms with Gasteiger partial charge in [0, 0.05) is 11.6 Å². The van der Waals surface area contributed by atoms with Crippen LogP contribution in [0.4, 0.5) is 0 Å². The summed E-state index contributed by atoms with van der Waals surface area (Å²) < 4.78 is 24.7. The largest absolute Gasteiger partial charge is 0.214 e. The number of aromatic nitrogens is 4. The molecule has 1 heterocycles. The molecule has 2 aromatic carbocycles. The number of benzene rings is 2. The Bertz CT molecular complexity index is 1030. The Labute approximate surface area is 166 Å². The maximum absolute atomic E-state index is 11.1. The maximum Gasteiger partial charge on any atom is 0.214 e. The molecule has 0 aliphatic heterocycles. The van der Waals surface area contributed by atoms with Crippen molar-refractivity contribution in [2.75, 3.05) is 0 Å². The highest BCUT2D eigenvalue weighted by molar-refractivity contribution is 7.90. The van der Waals surface area contributed by atoms with E-state index in [1.54, 1.807) is 4.80 Å². The number of hydrogen-bond acceptors (Lipinski definition) is 5. The highest BCUT2D eigenvalue weighted by Crippen LogP contribution is 2.27. The summed E-state index contributed by atoms with van der Waals surface area (Å²) in [7, 11) is -2.94. The van der Waals surface area contributed by atoms with Crippen LogP contribution in [0.25, 0.3) is 22.2 Å². The highest BCUT2D eigenvalue weighted by Gasteiger charge is 2.35. The lowest BCUT2D eigenvalue weighted by molar-refractivity contribution is 0.455. The summed E-state index contributed by atoms with van der Waals surface area (Å²) in [4.78, 5) is 1.64. The third-order valence-electron chi connectivity index (χ3n) is 4.28. The van der Waals surface area contributed by atoms with Crippen molar-refractivity contribution in [1.82, 2.24) is 24.9 Å². The van der Waals surface area contributed by atoms with Gasteiger partial charge in [0.2, 0.25) is 15.8 Å². The fourth-order valence-electron chi connectivity index (χ4n) is 2.78. The van der Waals surface area contributed by atoms with Crippen molar-refractivity contribution in [3.63, 3.8) is 0 Å². The zero-order chi connectivity index (χ0) is 20.3. The fraction of sp³-hybridized carbons (Fsp3) is 0.450. The van der Waals surface area contributed by atoms with Crippen molar-refractivity contribution in [2.45, 2.75) is 57.9 Å². The quantitative estimate of drug-likeness (QED) is 0.706. The van der Waals surface area contributed by atoms with Crippen molar-refractivity contribution in [1.29, 1.82) is 0 Å². The van der Waals surface area contributed by atoms with Gasteiger partial charge < -0.3 is 0 Å². The van der Waals surface area contributed by atoms with Gasteiger partial charge in [0.25, 0.3) is 0 Å². The van der Waals surface area contributed by atoms with Crippen LogP contribution >= 0.6 is 0 Å². The Hall–Kier alpha value is -2.32. The molecule has 0 atom stereocenters. The average Bonchev–Trinajstić information content (AvgIpc) is 3.39. The van der Waals surface area contributed by atoms with E-state index < -0.39 is 10.0 Å². The highest BCUT2D eigenvalue weighted by atomic mass is 32.2. The summed E-state index contributed by atoms with van der Waals surface area (Å²) >= 11 is 0. The summed E-state index contributed by atoms with van der Waals surface area (Å²) in [5.41, 5.74) is 1.03. The Morgan fingerprint density at radius 2 is 1.71 bits per heavy atom. The molecule has 4 rings (SSSR count). The molecular weight excluding hydrogens is 374 g/mol. The third-order valence-corrected chi connectivity index (χ3v) is 6.43. The molecule has 150 valence electrons. The van der Waals surface area contributed by atoms with Crippen molar-refractivity contribution in [2.24, 2.45) is 0 Å². The van der Waals surface area contributed by atoms with E-state index in [1.165, 1.54) is 5.39 Å². The molecule has 0 radical (unpaired) electrons. The van der Waals surface area contributed by atoms with Gasteiger partial charge in [0.05, 0.1) is 11.3 Å². The van der Waals surface area contributed by atoms with E-state index in [4.69, 9.17) is 0 Å². The van der Waals surface area contributed by atoms with E-state index in [0.29, 0.717) is 5.82 Å². The second-order valence-electron chi connectivity index (χ2n) is 7.57. The molecule has 1 aromatic heterocycles. The van der Waals surface area contributed by atoms with Gasteiger partial charge in [-0.05, 0) is 56.5 Å². The van der Waals surface area contributed by atoms with Gasteiger partial charge in [-0.1, -0.05) is 42.5 Å². The van der Waals surface area contributed by atoms with Crippen LogP contribution in [0.1, 0.15) is 46.6 Å². The summed E-state index contributed by atoms with van der Waals surface area (Å²) in [6.07, 6.45) is 1.67. The number of nitrogens with one attached hydrogen (secondary N) is 1. The van der Waals surface area contributed by atoms with Crippen molar-refractivity contribution in [3.05, 3.63) is 42.5 Å². The summed E-state index contributed by atoms with van der Waals surface area (Å²) in [6, 6.07) is 14.6. The maximum atomic E-state index is 11.1. The van der Waals surface area contributed by atoms with Gasteiger partial charge in [-0.15, -0.1) is 10.2 Å². The first-order valence-electron chi connectivity index (χ1n) is 9.56. The van der Waals surface area contributed by atoms with Gasteiger partial charge in [-0.25, -0.2) is 13.1 Å². The molecule has 0 saturated heterocycles. The minimum Gasteiger partial charge on any atom is -0.212 e.